The van der Waals surface area contributed by atoms with Gasteiger partial charge >= 0.3 is 0 Å². The highest BCUT2D eigenvalue weighted by Crippen LogP contribution is 2.14. The van der Waals surface area contributed by atoms with E-state index >= 15 is 0 Å². The van der Waals surface area contributed by atoms with Crippen molar-refractivity contribution in [2.24, 2.45) is 5.10 Å². The van der Waals surface area contributed by atoms with Gasteiger partial charge in [-0.3, -0.25) is 4.79 Å². The molecule has 18 heavy (non-hydrogen) atoms. The number of morpholine rings is 1. The number of ether oxygens (including phenoxy) is 1. The summed E-state index contributed by atoms with van der Waals surface area (Å²) in [6.07, 6.45) is 7.11. The highest BCUT2D eigenvalue weighted by molar-refractivity contribution is 5.86. The smallest absolute Gasteiger partial charge is 0.295 e. The largest absolute Gasteiger partial charge is 0.370 e. The van der Waals surface area contributed by atoms with Crippen LogP contribution < -0.4 is 10.3 Å². The Bertz CT molecular complexity index is 289. The van der Waals surface area contributed by atoms with E-state index in [2.05, 4.69) is 10.5 Å². The summed E-state index contributed by atoms with van der Waals surface area (Å²) in [7, 11) is 0. The molecule has 2 rings (SSSR count). The Morgan fingerprint density at radius 2 is 1.83 bits per heavy atom. The van der Waals surface area contributed by atoms with Gasteiger partial charge in [-0.2, -0.15) is 5.10 Å². The van der Waals surface area contributed by atoms with Gasteiger partial charge in [0.2, 0.25) is 0 Å². The van der Waals surface area contributed by atoms with E-state index in [1.165, 1.54) is 30.6 Å². The summed E-state index contributed by atoms with van der Waals surface area (Å²) < 4.78 is 5.27. The third-order valence-corrected chi connectivity index (χ3v) is 3.63. The van der Waals surface area contributed by atoms with Crippen LogP contribution in [0.25, 0.3) is 0 Å². The van der Waals surface area contributed by atoms with Crippen molar-refractivity contribution < 1.29 is 14.4 Å². The molecule has 0 radical (unpaired) electrons. The maximum Gasteiger partial charge on any atom is 0.295 e. The summed E-state index contributed by atoms with van der Waals surface area (Å²) in [4.78, 5) is 13.1. The maximum atomic E-state index is 11.8. The predicted octanol–water partition coefficient (Wildman–Crippen LogP) is -0.272. The van der Waals surface area contributed by atoms with Gasteiger partial charge in [-0.25, -0.2) is 5.43 Å². The summed E-state index contributed by atoms with van der Waals surface area (Å²) in [5.74, 6) is 0.0312. The fourth-order valence-electron chi connectivity index (χ4n) is 2.49. The van der Waals surface area contributed by atoms with E-state index in [0.717, 1.165) is 44.9 Å². The van der Waals surface area contributed by atoms with E-state index < -0.39 is 0 Å². The van der Waals surface area contributed by atoms with E-state index in [4.69, 9.17) is 4.74 Å². The molecule has 1 saturated heterocycles. The van der Waals surface area contributed by atoms with E-state index in [9.17, 15) is 4.79 Å². The molecule has 1 saturated carbocycles. The average molecular weight is 254 g/mol. The second-order valence-corrected chi connectivity index (χ2v) is 5.17. The Morgan fingerprint density at radius 1 is 1.17 bits per heavy atom. The van der Waals surface area contributed by atoms with Crippen molar-refractivity contribution in [3.8, 4) is 0 Å². The highest BCUT2D eigenvalue weighted by Gasteiger charge is 2.17. The van der Waals surface area contributed by atoms with Gasteiger partial charge in [0.1, 0.15) is 13.1 Å². The van der Waals surface area contributed by atoms with Crippen LogP contribution in [0.15, 0.2) is 5.10 Å². The molecule has 1 aliphatic heterocycles. The normalized spacial score (nSPS) is 22.3. The summed E-state index contributed by atoms with van der Waals surface area (Å²) in [5, 5.41) is 4.28. The number of nitrogens with zero attached hydrogens (tertiary/aromatic N) is 1. The molecular weight excluding hydrogens is 230 g/mol. The van der Waals surface area contributed by atoms with Crippen LogP contribution >= 0.6 is 0 Å². The quantitative estimate of drug-likeness (QED) is 0.538. The minimum Gasteiger partial charge on any atom is -0.370 e. The summed E-state index contributed by atoms with van der Waals surface area (Å²) in [5.41, 5.74) is 3.88. The molecule has 2 aliphatic rings. The lowest BCUT2D eigenvalue weighted by molar-refractivity contribution is -0.900. The summed E-state index contributed by atoms with van der Waals surface area (Å²) in [6, 6.07) is 0. The molecule has 1 aliphatic carbocycles. The molecule has 0 bridgehead atoms. The number of carbonyl (C=O) groups excluding carboxylic acids is 1. The van der Waals surface area contributed by atoms with Crippen LogP contribution in [0.3, 0.4) is 0 Å². The summed E-state index contributed by atoms with van der Waals surface area (Å²) >= 11 is 0. The first-order chi connectivity index (χ1) is 8.84. The van der Waals surface area contributed by atoms with Gasteiger partial charge in [0.05, 0.1) is 13.2 Å². The standard InChI is InChI=1S/C13H23N3O2/c17-13(11-16-7-9-18-10-8-16)15-14-12-5-3-1-2-4-6-12/h1-11H2,(H,15,17)/p+1. The van der Waals surface area contributed by atoms with Crippen LogP contribution in [0.4, 0.5) is 0 Å². The van der Waals surface area contributed by atoms with Crippen LogP contribution in [0.1, 0.15) is 38.5 Å². The SMILES string of the molecule is O=C(C[NH+]1CCOCC1)NN=C1CCCCCC1. The fourth-order valence-corrected chi connectivity index (χ4v) is 2.49. The van der Waals surface area contributed by atoms with Crippen molar-refractivity contribution in [2.75, 3.05) is 32.8 Å². The number of hydrazone groups is 1. The topological polar surface area (TPSA) is 55.1 Å². The van der Waals surface area contributed by atoms with Crippen LogP contribution in [-0.4, -0.2) is 44.5 Å². The zero-order valence-electron chi connectivity index (χ0n) is 11.0. The molecule has 2 N–H and O–H groups in total. The molecule has 0 unspecified atom stereocenters. The first-order valence-electron chi connectivity index (χ1n) is 7.10. The van der Waals surface area contributed by atoms with Crippen molar-refractivity contribution in [1.29, 1.82) is 0 Å². The third-order valence-electron chi connectivity index (χ3n) is 3.63. The molecule has 1 amide bonds. The molecule has 102 valence electrons. The van der Waals surface area contributed by atoms with Crippen molar-refractivity contribution >= 4 is 11.6 Å². The number of carbonyl (C=O) groups is 1. The van der Waals surface area contributed by atoms with Crippen molar-refractivity contribution in [3.05, 3.63) is 0 Å². The summed E-state index contributed by atoms with van der Waals surface area (Å²) in [6.45, 7) is 3.88. The second kappa shape index (κ2) is 7.48. The van der Waals surface area contributed by atoms with E-state index in [1.54, 1.807) is 0 Å². The Hall–Kier alpha value is -0.940. The first kappa shape index (κ1) is 13.5. The molecule has 0 spiro atoms. The number of hydrogen-bond acceptors (Lipinski definition) is 3. The number of hydrogen-bond donors (Lipinski definition) is 2. The lowest BCUT2D eigenvalue weighted by Crippen LogP contribution is -3.15. The van der Waals surface area contributed by atoms with Gasteiger partial charge in [-0.05, 0) is 25.7 Å². The van der Waals surface area contributed by atoms with E-state index in [-0.39, 0.29) is 5.91 Å². The number of nitrogens with one attached hydrogen (secondary N) is 2. The Labute approximate surface area is 109 Å². The van der Waals surface area contributed by atoms with Crippen LogP contribution in [0.5, 0.6) is 0 Å². The average Bonchev–Trinajstić information content (AvgIpc) is 2.66. The molecule has 0 aromatic rings. The van der Waals surface area contributed by atoms with Gasteiger partial charge in [0.25, 0.3) is 5.91 Å². The van der Waals surface area contributed by atoms with Gasteiger partial charge in [0, 0.05) is 5.71 Å². The van der Waals surface area contributed by atoms with Gasteiger partial charge in [-0.15, -0.1) is 0 Å². The fraction of sp³-hybridized carbons (Fsp3) is 0.846. The first-order valence-corrected chi connectivity index (χ1v) is 7.10. The lowest BCUT2D eigenvalue weighted by Gasteiger charge is -2.22. The highest BCUT2D eigenvalue weighted by atomic mass is 16.5. The predicted molar refractivity (Wildman–Crippen MR) is 69.7 cm³/mol. The monoisotopic (exact) mass is 254 g/mol. The number of quaternary nitrogens is 1. The Morgan fingerprint density at radius 3 is 2.50 bits per heavy atom. The van der Waals surface area contributed by atoms with Crippen molar-refractivity contribution in [2.45, 2.75) is 38.5 Å². The van der Waals surface area contributed by atoms with Crippen LogP contribution in [0.2, 0.25) is 0 Å². The second-order valence-electron chi connectivity index (χ2n) is 5.17. The van der Waals surface area contributed by atoms with Crippen LogP contribution in [0, 0.1) is 0 Å². The zero-order valence-corrected chi connectivity index (χ0v) is 11.0. The molecule has 5 nitrogen and oxygen atoms in total. The molecule has 2 fully saturated rings. The minimum atomic E-state index is 0.0312. The molecular formula is C13H24N3O2+. The maximum absolute atomic E-state index is 11.8. The lowest BCUT2D eigenvalue weighted by atomic mass is 10.2. The minimum absolute atomic E-state index is 0.0312. The molecule has 0 aromatic carbocycles. The molecule has 1 heterocycles. The van der Waals surface area contributed by atoms with Gasteiger partial charge < -0.3 is 9.64 Å². The Balaban J connectivity index is 1.71. The van der Waals surface area contributed by atoms with Gasteiger partial charge in [-0.1, -0.05) is 12.8 Å². The zero-order chi connectivity index (χ0) is 12.6. The molecule has 5 heteroatoms. The third kappa shape index (κ3) is 4.74. The molecule has 0 atom stereocenters. The Kier molecular flexibility index (Phi) is 5.61. The van der Waals surface area contributed by atoms with Crippen LogP contribution in [-0.2, 0) is 9.53 Å². The van der Waals surface area contributed by atoms with Gasteiger partial charge in [0.15, 0.2) is 6.54 Å². The van der Waals surface area contributed by atoms with Crippen molar-refractivity contribution in [1.82, 2.24) is 5.43 Å². The van der Waals surface area contributed by atoms with Crippen molar-refractivity contribution in [3.63, 3.8) is 0 Å². The number of amides is 1. The molecule has 0 aromatic heterocycles. The number of rotatable bonds is 3. The van der Waals surface area contributed by atoms with E-state index in [0.29, 0.717) is 6.54 Å². The van der Waals surface area contributed by atoms with E-state index in [1.807, 2.05) is 0 Å².